The van der Waals surface area contributed by atoms with Gasteiger partial charge < -0.3 is 10.2 Å². The van der Waals surface area contributed by atoms with E-state index >= 15 is 0 Å². The molecule has 0 atom stereocenters. The van der Waals surface area contributed by atoms with Crippen LogP contribution in [-0.2, 0) is 23.1 Å². The third-order valence-electron chi connectivity index (χ3n) is 4.18. The maximum atomic E-state index is 11.9. The van der Waals surface area contributed by atoms with Gasteiger partial charge in [0.1, 0.15) is 0 Å². The Labute approximate surface area is 147 Å². The van der Waals surface area contributed by atoms with Crippen molar-refractivity contribution in [1.82, 2.24) is 15.1 Å². The van der Waals surface area contributed by atoms with Crippen LogP contribution < -0.4 is 10.2 Å². The van der Waals surface area contributed by atoms with Gasteiger partial charge in [-0.25, -0.2) is 0 Å². The summed E-state index contributed by atoms with van der Waals surface area (Å²) in [6.45, 7) is 1.36. The molecule has 3 rings (SSSR count). The molecule has 0 saturated carbocycles. The van der Waals surface area contributed by atoms with Gasteiger partial charge in [0.05, 0.1) is 6.20 Å². The quantitative estimate of drug-likeness (QED) is 0.818. The van der Waals surface area contributed by atoms with Gasteiger partial charge in [-0.2, -0.15) is 5.10 Å². The van der Waals surface area contributed by atoms with Crippen molar-refractivity contribution in [1.29, 1.82) is 0 Å². The molecular formula is C19H22N4O2. The number of aromatic nitrogens is 2. The molecule has 1 N–H and O–H groups in total. The molecule has 25 heavy (non-hydrogen) atoms. The van der Waals surface area contributed by atoms with Gasteiger partial charge in [0, 0.05) is 44.5 Å². The Hall–Kier alpha value is -2.89. The number of aryl methyl sites for hydroxylation is 1. The molecular weight excluding hydrogens is 316 g/mol. The fourth-order valence-electron chi connectivity index (χ4n) is 2.85. The second-order valence-electron chi connectivity index (χ2n) is 6.14. The third kappa shape index (κ3) is 4.56. The highest BCUT2D eigenvalue weighted by molar-refractivity contribution is 5.95. The summed E-state index contributed by atoms with van der Waals surface area (Å²) < 4.78 is 1.75. The molecule has 0 spiro atoms. The van der Waals surface area contributed by atoms with E-state index in [1.54, 1.807) is 21.9 Å². The molecule has 130 valence electrons. The average molecular weight is 338 g/mol. The highest BCUT2D eigenvalue weighted by Gasteiger charge is 2.21. The molecule has 1 saturated heterocycles. The number of amides is 2. The number of rotatable bonds is 6. The maximum absolute atomic E-state index is 11.9. The van der Waals surface area contributed by atoms with Gasteiger partial charge >= 0.3 is 0 Å². The predicted molar refractivity (Wildman–Crippen MR) is 97.0 cm³/mol. The number of hydrogen-bond acceptors (Lipinski definition) is 3. The number of benzene rings is 1. The number of carbonyl (C=O) groups is 2. The molecule has 1 aliphatic rings. The summed E-state index contributed by atoms with van der Waals surface area (Å²) in [5, 5.41) is 6.95. The van der Waals surface area contributed by atoms with E-state index in [1.807, 2.05) is 37.5 Å². The van der Waals surface area contributed by atoms with Crippen molar-refractivity contribution in [3.63, 3.8) is 0 Å². The Morgan fingerprint density at radius 3 is 2.76 bits per heavy atom. The Morgan fingerprint density at radius 1 is 1.32 bits per heavy atom. The van der Waals surface area contributed by atoms with E-state index in [0.717, 1.165) is 36.2 Å². The van der Waals surface area contributed by atoms with Gasteiger partial charge in [-0.3, -0.25) is 14.3 Å². The first-order chi connectivity index (χ1) is 12.1. The first-order valence-corrected chi connectivity index (χ1v) is 8.46. The van der Waals surface area contributed by atoms with Crippen LogP contribution in [0.1, 0.15) is 24.0 Å². The zero-order valence-electron chi connectivity index (χ0n) is 14.3. The van der Waals surface area contributed by atoms with E-state index in [-0.39, 0.29) is 11.8 Å². The first kappa shape index (κ1) is 17.0. The molecule has 2 heterocycles. The standard InChI is InChI=1S/C19H22N4O2/c1-22-14-16(13-21-22)10-11-20-18(24)9-6-15-4-7-17(8-5-15)23-12-2-3-19(23)25/h4-9,13-14H,2-3,10-12H2,1H3,(H,20,24)/b9-6-. The van der Waals surface area contributed by atoms with Crippen LogP contribution in [0.15, 0.2) is 42.7 Å². The second kappa shape index (κ2) is 7.79. The Balaban J connectivity index is 1.47. The molecule has 0 aliphatic carbocycles. The monoisotopic (exact) mass is 338 g/mol. The molecule has 1 aliphatic heterocycles. The summed E-state index contributed by atoms with van der Waals surface area (Å²) >= 11 is 0. The van der Waals surface area contributed by atoms with Crippen molar-refractivity contribution in [2.75, 3.05) is 18.0 Å². The van der Waals surface area contributed by atoms with Crippen molar-refractivity contribution in [3.05, 3.63) is 53.9 Å². The topological polar surface area (TPSA) is 67.2 Å². The number of anilines is 1. The summed E-state index contributed by atoms with van der Waals surface area (Å²) in [6, 6.07) is 7.67. The summed E-state index contributed by atoms with van der Waals surface area (Å²) in [5.74, 6) is 0.0546. The predicted octanol–water partition coefficient (Wildman–Crippen LogP) is 1.92. The minimum absolute atomic E-state index is 0.123. The molecule has 0 radical (unpaired) electrons. The van der Waals surface area contributed by atoms with Gasteiger partial charge in [-0.15, -0.1) is 0 Å². The number of carbonyl (C=O) groups excluding carboxylic acids is 2. The summed E-state index contributed by atoms with van der Waals surface area (Å²) in [6.07, 6.45) is 9.34. The smallest absolute Gasteiger partial charge is 0.244 e. The molecule has 1 aromatic carbocycles. The summed E-state index contributed by atoms with van der Waals surface area (Å²) in [4.78, 5) is 25.4. The highest BCUT2D eigenvalue weighted by Crippen LogP contribution is 2.21. The second-order valence-corrected chi connectivity index (χ2v) is 6.14. The van der Waals surface area contributed by atoms with Gasteiger partial charge in [-0.1, -0.05) is 12.1 Å². The van der Waals surface area contributed by atoms with E-state index in [2.05, 4.69) is 10.4 Å². The Bertz CT molecular complexity index is 777. The molecule has 2 aromatic rings. The lowest BCUT2D eigenvalue weighted by Gasteiger charge is -2.15. The van der Waals surface area contributed by atoms with Crippen LogP contribution in [0.5, 0.6) is 0 Å². The van der Waals surface area contributed by atoms with Crippen molar-refractivity contribution >= 4 is 23.6 Å². The minimum atomic E-state index is -0.123. The largest absolute Gasteiger partial charge is 0.352 e. The van der Waals surface area contributed by atoms with Gasteiger partial charge in [0.25, 0.3) is 0 Å². The van der Waals surface area contributed by atoms with Crippen molar-refractivity contribution in [2.24, 2.45) is 7.05 Å². The first-order valence-electron chi connectivity index (χ1n) is 8.46. The van der Waals surface area contributed by atoms with Gasteiger partial charge in [0.15, 0.2) is 0 Å². The highest BCUT2D eigenvalue weighted by atomic mass is 16.2. The van der Waals surface area contributed by atoms with Crippen LogP contribution in [0, 0.1) is 0 Å². The van der Waals surface area contributed by atoms with Crippen molar-refractivity contribution in [3.8, 4) is 0 Å². The number of nitrogens with one attached hydrogen (secondary N) is 1. The number of hydrogen-bond donors (Lipinski definition) is 1. The van der Waals surface area contributed by atoms with Crippen LogP contribution >= 0.6 is 0 Å². The normalized spacial score (nSPS) is 14.4. The molecule has 6 heteroatoms. The Kier molecular flexibility index (Phi) is 5.28. The fourth-order valence-corrected chi connectivity index (χ4v) is 2.85. The Morgan fingerprint density at radius 2 is 2.12 bits per heavy atom. The zero-order chi connectivity index (χ0) is 17.6. The third-order valence-corrected chi connectivity index (χ3v) is 4.18. The lowest BCUT2D eigenvalue weighted by molar-refractivity contribution is -0.117. The van der Waals surface area contributed by atoms with E-state index in [9.17, 15) is 9.59 Å². The molecule has 0 unspecified atom stereocenters. The SMILES string of the molecule is Cn1cc(CCNC(=O)/C=C\c2ccc(N3CCCC3=O)cc2)cn1. The lowest BCUT2D eigenvalue weighted by Crippen LogP contribution is -2.23. The molecule has 1 aromatic heterocycles. The van der Waals surface area contributed by atoms with Gasteiger partial charge in [-0.05, 0) is 42.2 Å². The number of nitrogens with zero attached hydrogens (tertiary/aromatic N) is 3. The van der Waals surface area contributed by atoms with Crippen molar-refractivity contribution in [2.45, 2.75) is 19.3 Å². The van der Waals surface area contributed by atoms with E-state index in [1.165, 1.54) is 6.08 Å². The zero-order valence-corrected chi connectivity index (χ0v) is 14.3. The molecule has 1 fully saturated rings. The van der Waals surface area contributed by atoms with Crippen LogP contribution in [0.25, 0.3) is 6.08 Å². The van der Waals surface area contributed by atoms with Crippen LogP contribution in [0.4, 0.5) is 5.69 Å². The van der Waals surface area contributed by atoms with E-state index in [4.69, 9.17) is 0 Å². The van der Waals surface area contributed by atoms with Crippen LogP contribution in [0.3, 0.4) is 0 Å². The summed E-state index contributed by atoms with van der Waals surface area (Å²) in [5.41, 5.74) is 2.94. The lowest BCUT2D eigenvalue weighted by atomic mass is 10.2. The fraction of sp³-hybridized carbons (Fsp3) is 0.316. The van der Waals surface area contributed by atoms with Crippen molar-refractivity contribution < 1.29 is 9.59 Å². The summed E-state index contributed by atoms with van der Waals surface area (Å²) in [7, 11) is 1.87. The van der Waals surface area contributed by atoms with E-state index < -0.39 is 0 Å². The molecule has 6 nitrogen and oxygen atoms in total. The van der Waals surface area contributed by atoms with E-state index in [0.29, 0.717) is 13.0 Å². The van der Waals surface area contributed by atoms with Crippen LogP contribution in [0.2, 0.25) is 0 Å². The molecule has 0 bridgehead atoms. The van der Waals surface area contributed by atoms with Gasteiger partial charge in [0.2, 0.25) is 11.8 Å². The minimum Gasteiger partial charge on any atom is -0.352 e. The maximum Gasteiger partial charge on any atom is 0.244 e. The molecule has 2 amide bonds. The van der Waals surface area contributed by atoms with Crippen LogP contribution in [-0.4, -0.2) is 34.7 Å². The average Bonchev–Trinajstić information content (AvgIpc) is 3.22.